The number of carbonyl (C=O) groups is 1. The standard InChI is InChI=1S/C13H9F3N2O2S/c14-13(15,16)10-5-6-17-12(18-10)21-9-3-1-8(2-4-9)7-11(19)20/h1-6H,7H2,(H,19,20). The van der Waals surface area contributed by atoms with Gasteiger partial charge in [0.1, 0.15) is 5.69 Å². The predicted octanol–water partition coefficient (Wildman–Crippen LogP) is 3.27. The Kier molecular flexibility index (Phi) is 4.46. The fourth-order valence-corrected chi connectivity index (χ4v) is 2.24. The van der Waals surface area contributed by atoms with Crippen LogP contribution in [0.25, 0.3) is 0 Å². The molecule has 0 radical (unpaired) electrons. The third kappa shape index (κ3) is 4.45. The molecule has 0 aliphatic carbocycles. The lowest BCUT2D eigenvalue weighted by Gasteiger charge is -2.06. The molecule has 0 bridgehead atoms. The summed E-state index contributed by atoms with van der Waals surface area (Å²) in [5.74, 6) is -0.948. The van der Waals surface area contributed by atoms with Crippen LogP contribution in [0.5, 0.6) is 0 Å². The maximum absolute atomic E-state index is 12.5. The molecule has 1 aromatic heterocycles. The van der Waals surface area contributed by atoms with Gasteiger partial charge in [0, 0.05) is 11.1 Å². The van der Waals surface area contributed by atoms with Crippen LogP contribution in [0.4, 0.5) is 13.2 Å². The van der Waals surface area contributed by atoms with E-state index in [1.54, 1.807) is 24.3 Å². The summed E-state index contributed by atoms with van der Waals surface area (Å²) in [5.41, 5.74) is -0.390. The molecule has 0 unspecified atom stereocenters. The van der Waals surface area contributed by atoms with Gasteiger partial charge in [0.25, 0.3) is 0 Å². The molecular formula is C13H9F3N2O2S. The van der Waals surface area contributed by atoms with Crippen LogP contribution in [-0.4, -0.2) is 21.0 Å². The van der Waals surface area contributed by atoms with E-state index < -0.39 is 17.8 Å². The Bertz CT molecular complexity index is 645. The molecule has 8 heteroatoms. The van der Waals surface area contributed by atoms with Crippen molar-refractivity contribution in [1.82, 2.24) is 9.97 Å². The smallest absolute Gasteiger partial charge is 0.433 e. The summed E-state index contributed by atoms with van der Waals surface area (Å²) in [6.07, 6.45) is -3.56. The molecule has 1 heterocycles. The molecule has 0 aliphatic rings. The lowest BCUT2D eigenvalue weighted by molar-refractivity contribution is -0.141. The van der Waals surface area contributed by atoms with Gasteiger partial charge < -0.3 is 5.11 Å². The average Bonchev–Trinajstić information content (AvgIpc) is 2.40. The molecular weight excluding hydrogens is 305 g/mol. The minimum atomic E-state index is -4.51. The molecule has 21 heavy (non-hydrogen) atoms. The lowest BCUT2D eigenvalue weighted by atomic mass is 10.2. The highest BCUT2D eigenvalue weighted by atomic mass is 32.2. The fraction of sp³-hybridized carbons (Fsp3) is 0.154. The third-order valence-electron chi connectivity index (χ3n) is 2.41. The summed E-state index contributed by atoms with van der Waals surface area (Å²) in [5, 5.41) is 8.63. The number of rotatable bonds is 4. The molecule has 0 amide bonds. The summed E-state index contributed by atoms with van der Waals surface area (Å²) in [6.45, 7) is 0. The highest BCUT2D eigenvalue weighted by Crippen LogP contribution is 2.30. The van der Waals surface area contributed by atoms with E-state index in [4.69, 9.17) is 5.11 Å². The zero-order valence-corrected chi connectivity index (χ0v) is 11.3. The second-order valence-corrected chi connectivity index (χ2v) is 5.08. The van der Waals surface area contributed by atoms with Crippen molar-refractivity contribution >= 4 is 17.7 Å². The first-order valence-corrected chi connectivity index (χ1v) is 6.55. The van der Waals surface area contributed by atoms with Crippen LogP contribution < -0.4 is 0 Å². The number of aliphatic carboxylic acids is 1. The van der Waals surface area contributed by atoms with Crippen molar-refractivity contribution in [3.8, 4) is 0 Å². The monoisotopic (exact) mass is 314 g/mol. The van der Waals surface area contributed by atoms with Gasteiger partial charge >= 0.3 is 12.1 Å². The highest BCUT2D eigenvalue weighted by Gasteiger charge is 2.32. The number of alkyl halides is 3. The highest BCUT2D eigenvalue weighted by molar-refractivity contribution is 7.99. The zero-order valence-electron chi connectivity index (χ0n) is 10.5. The molecule has 2 aromatic rings. The molecule has 0 aliphatic heterocycles. The van der Waals surface area contributed by atoms with E-state index in [-0.39, 0.29) is 11.6 Å². The Morgan fingerprint density at radius 2 is 1.86 bits per heavy atom. The second kappa shape index (κ2) is 6.13. The van der Waals surface area contributed by atoms with Crippen molar-refractivity contribution in [2.24, 2.45) is 0 Å². The Hall–Kier alpha value is -2.09. The van der Waals surface area contributed by atoms with Crippen LogP contribution in [0.1, 0.15) is 11.3 Å². The molecule has 0 atom stereocenters. The Morgan fingerprint density at radius 1 is 1.19 bits per heavy atom. The normalized spacial score (nSPS) is 11.4. The number of nitrogens with zero attached hydrogens (tertiary/aromatic N) is 2. The topological polar surface area (TPSA) is 63.1 Å². The number of carboxylic acid groups (broad SMARTS) is 1. The Labute approximate surface area is 122 Å². The second-order valence-electron chi connectivity index (χ2n) is 4.04. The summed E-state index contributed by atoms with van der Waals surface area (Å²) >= 11 is 0.976. The van der Waals surface area contributed by atoms with Crippen LogP contribution in [0, 0.1) is 0 Å². The molecule has 0 saturated carbocycles. The van der Waals surface area contributed by atoms with Crippen LogP contribution in [0.2, 0.25) is 0 Å². The van der Waals surface area contributed by atoms with Gasteiger partial charge in [-0.3, -0.25) is 4.79 Å². The largest absolute Gasteiger partial charge is 0.481 e. The van der Waals surface area contributed by atoms with Gasteiger partial charge in [-0.25, -0.2) is 9.97 Å². The molecule has 0 spiro atoms. The first-order chi connectivity index (χ1) is 9.84. The molecule has 4 nitrogen and oxygen atoms in total. The van der Waals surface area contributed by atoms with Gasteiger partial charge in [-0.2, -0.15) is 13.2 Å². The maximum Gasteiger partial charge on any atom is 0.433 e. The van der Waals surface area contributed by atoms with Crippen molar-refractivity contribution in [3.05, 3.63) is 47.8 Å². The van der Waals surface area contributed by atoms with E-state index in [9.17, 15) is 18.0 Å². The Balaban J connectivity index is 2.13. The maximum atomic E-state index is 12.5. The molecule has 0 saturated heterocycles. The van der Waals surface area contributed by atoms with E-state index in [1.807, 2.05) is 0 Å². The number of hydrogen-bond donors (Lipinski definition) is 1. The van der Waals surface area contributed by atoms with Gasteiger partial charge in [-0.1, -0.05) is 12.1 Å². The van der Waals surface area contributed by atoms with Crippen molar-refractivity contribution in [3.63, 3.8) is 0 Å². The number of hydrogen-bond acceptors (Lipinski definition) is 4. The number of halogens is 3. The van der Waals surface area contributed by atoms with Crippen molar-refractivity contribution < 1.29 is 23.1 Å². The molecule has 0 fully saturated rings. The lowest BCUT2D eigenvalue weighted by Crippen LogP contribution is -2.08. The first kappa shape index (κ1) is 15.3. The minimum absolute atomic E-state index is 0.0178. The van der Waals surface area contributed by atoms with Gasteiger partial charge in [0.05, 0.1) is 6.42 Å². The van der Waals surface area contributed by atoms with Gasteiger partial charge in [-0.15, -0.1) is 0 Å². The summed E-state index contributed by atoms with van der Waals surface area (Å²) in [7, 11) is 0. The molecule has 1 N–H and O–H groups in total. The summed E-state index contributed by atoms with van der Waals surface area (Å²) < 4.78 is 37.6. The first-order valence-electron chi connectivity index (χ1n) is 5.73. The number of carboxylic acids is 1. The quantitative estimate of drug-likeness (QED) is 0.878. The Morgan fingerprint density at radius 3 is 2.43 bits per heavy atom. The fourth-order valence-electron chi connectivity index (χ4n) is 1.50. The van der Waals surface area contributed by atoms with E-state index in [0.29, 0.717) is 10.5 Å². The predicted molar refractivity (Wildman–Crippen MR) is 68.9 cm³/mol. The van der Waals surface area contributed by atoms with Gasteiger partial charge in [0.2, 0.25) is 0 Å². The van der Waals surface area contributed by atoms with Crippen molar-refractivity contribution in [1.29, 1.82) is 0 Å². The molecule has 110 valence electrons. The van der Waals surface area contributed by atoms with E-state index in [2.05, 4.69) is 9.97 Å². The average molecular weight is 314 g/mol. The summed E-state index contributed by atoms with van der Waals surface area (Å²) in [6, 6.07) is 7.24. The van der Waals surface area contributed by atoms with Crippen LogP contribution in [0.3, 0.4) is 0 Å². The SMILES string of the molecule is O=C(O)Cc1ccc(Sc2nccc(C(F)(F)F)n2)cc1. The van der Waals surface area contributed by atoms with Crippen molar-refractivity contribution in [2.75, 3.05) is 0 Å². The number of benzene rings is 1. The molecule has 2 rings (SSSR count). The van der Waals surface area contributed by atoms with Crippen LogP contribution in [0.15, 0.2) is 46.6 Å². The van der Waals surface area contributed by atoms with E-state index in [1.165, 1.54) is 0 Å². The van der Waals surface area contributed by atoms with Crippen LogP contribution in [-0.2, 0) is 17.4 Å². The van der Waals surface area contributed by atoms with E-state index >= 15 is 0 Å². The minimum Gasteiger partial charge on any atom is -0.481 e. The molecule has 1 aromatic carbocycles. The number of aromatic nitrogens is 2. The zero-order chi connectivity index (χ0) is 15.5. The van der Waals surface area contributed by atoms with Crippen molar-refractivity contribution in [2.45, 2.75) is 22.6 Å². The van der Waals surface area contributed by atoms with Crippen LogP contribution >= 0.6 is 11.8 Å². The third-order valence-corrected chi connectivity index (χ3v) is 3.30. The van der Waals surface area contributed by atoms with Gasteiger partial charge in [0.15, 0.2) is 5.16 Å². The van der Waals surface area contributed by atoms with Gasteiger partial charge in [-0.05, 0) is 35.5 Å². The van der Waals surface area contributed by atoms with E-state index in [0.717, 1.165) is 24.0 Å². The summed E-state index contributed by atoms with van der Waals surface area (Å²) in [4.78, 5) is 18.4.